The number of carbonyl (C=O) groups excluding carboxylic acids is 2. The molecule has 3 aromatic carbocycles. The van der Waals surface area contributed by atoms with Gasteiger partial charge in [0.05, 0.1) is 17.1 Å². The highest BCUT2D eigenvalue weighted by molar-refractivity contribution is 6.07. The number of anilines is 5. The van der Waals surface area contributed by atoms with E-state index in [0.717, 1.165) is 86.7 Å². The Morgan fingerprint density at radius 1 is 0.785 bits per heavy atom. The van der Waals surface area contributed by atoms with E-state index in [0.29, 0.717) is 47.4 Å². The van der Waals surface area contributed by atoms with Crippen molar-refractivity contribution < 1.29 is 19.1 Å². The summed E-state index contributed by atoms with van der Waals surface area (Å²) in [5.41, 5.74) is 13.9. The minimum Gasteiger partial charge on any atom is -0.507 e. The number of phenolic OH excluding ortho intramolecular Hbond substituents is 1. The van der Waals surface area contributed by atoms with Gasteiger partial charge in [0.1, 0.15) is 11.6 Å². The number of aromatic hydroxyl groups is 1. The fourth-order valence-corrected chi connectivity index (χ4v) is 12.6. The molecular weight excluding hydrogens is 820 g/mol. The number of nitrogens with zero attached hydrogens (tertiary/aromatic N) is 8. The number of nitrogen functional groups attached to an aromatic ring is 1. The predicted molar refractivity (Wildman–Crippen MR) is 254 cm³/mol. The second-order valence-corrected chi connectivity index (χ2v) is 19.9. The second kappa shape index (κ2) is 16.8. The van der Waals surface area contributed by atoms with Gasteiger partial charge < -0.3 is 35.0 Å². The number of aryl methyl sites for hydroxylation is 1. The van der Waals surface area contributed by atoms with Crippen LogP contribution >= 0.6 is 0 Å². The smallest absolute Gasteiger partial charge is 0.328 e. The Kier molecular flexibility index (Phi) is 10.8. The average molecular weight is 881 g/mol. The average Bonchev–Trinajstić information content (AvgIpc) is 3.87. The Balaban J connectivity index is 0.667. The zero-order valence-electron chi connectivity index (χ0n) is 37.5. The summed E-state index contributed by atoms with van der Waals surface area (Å²) in [6, 6.07) is 21.9. The number of halogens is 1. The van der Waals surface area contributed by atoms with E-state index in [1.54, 1.807) is 23.1 Å². The maximum absolute atomic E-state index is 15.7. The van der Waals surface area contributed by atoms with E-state index in [1.165, 1.54) is 62.5 Å². The topological polar surface area (TPSA) is 139 Å². The number of carbonyl (C=O) groups is 2. The van der Waals surface area contributed by atoms with E-state index < -0.39 is 0 Å². The van der Waals surface area contributed by atoms with Crippen molar-refractivity contribution in [3.8, 4) is 17.0 Å². The van der Waals surface area contributed by atoms with Crippen molar-refractivity contribution >= 4 is 51.4 Å². The molecule has 6 fully saturated rings. The van der Waals surface area contributed by atoms with E-state index in [-0.39, 0.29) is 35.6 Å². The number of para-hydroxylation sites is 1. The molecule has 0 radical (unpaired) electrons. The summed E-state index contributed by atoms with van der Waals surface area (Å²) in [4.78, 5) is 35.8. The van der Waals surface area contributed by atoms with Crippen LogP contribution in [0.1, 0.15) is 82.2 Å². The minimum atomic E-state index is -0.337. The van der Waals surface area contributed by atoms with Crippen LogP contribution in [-0.4, -0.2) is 101 Å². The summed E-state index contributed by atoms with van der Waals surface area (Å²) >= 11 is 0. The summed E-state index contributed by atoms with van der Waals surface area (Å²) in [6.45, 7) is 9.29. The number of amides is 3. The van der Waals surface area contributed by atoms with Gasteiger partial charge in [0.25, 0.3) is 0 Å². The van der Waals surface area contributed by atoms with Crippen LogP contribution in [0.5, 0.6) is 5.75 Å². The molecule has 65 heavy (non-hydrogen) atoms. The van der Waals surface area contributed by atoms with Crippen molar-refractivity contribution in [1.29, 1.82) is 0 Å². The van der Waals surface area contributed by atoms with Gasteiger partial charge in [-0.15, -0.1) is 10.2 Å². The summed E-state index contributed by atoms with van der Waals surface area (Å²) in [5, 5.41) is 22.7. The molecule has 3 amide bonds. The molecule has 5 saturated heterocycles. The number of urea groups is 1. The summed E-state index contributed by atoms with van der Waals surface area (Å²) in [6.07, 6.45) is 14.3. The number of imide groups is 1. The zero-order chi connectivity index (χ0) is 44.4. The maximum Gasteiger partial charge on any atom is 0.328 e. The number of piperidine rings is 2. The number of fused-ring (bicyclic) bond motifs is 3. The van der Waals surface area contributed by atoms with Crippen LogP contribution in [-0.2, 0) is 4.79 Å². The minimum absolute atomic E-state index is 0.140. The van der Waals surface area contributed by atoms with Gasteiger partial charge in [-0.25, -0.2) is 9.18 Å². The summed E-state index contributed by atoms with van der Waals surface area (Å²) in [5.74, 6) is 0.824. The zero-order valence-corrected chi connectivity index (χ0v) is 37.5. The van der Waals surface area contributed by atoms with Crippen LogP contribution in [0.3, 0.4) is 0 Å². The number of rotatable bonds is 8. The molecule has 2 bridgehead atoms. The predicted octanol–water partition coefficient (Wildman–Crippen LogP) is 8.25. The Bertz CT molecular complexity index is 2590. The lowest BCUT2D eigenvalue weighted by Crippen LogP contribution is -2.54. The first-order valence-corrected chi connectivity index (χ1v) is 24.0. The number of nitrogens with one attached hydrogen (secondary N) is 1. The highest BCUT2D eigenvalue weighted by Crippen LogP contribution is 2.49. The maximum atomic E-state index is 15.7. The van der Waals surface area contributed by atoms with Gasteiger partial charge >= 0.3 is 6.03 Å². The van der Waals surface area contributed by atoms with Gasteiger partial charge in [0.2, 0.25) is 5.91 Å². The lowest BCUT2D eigenvalue weighted by atomic mass is 9.67. The first kappa shape index (κ1) is 41.8. The molecule has 1 spiro atoms. The van der Waals surface area contributed by atoms with Crippen molar-refractivity contribution in [3.63, 3.8) is 0 Å². The van der Waals surface area contributed by atoms with Crippen LogP contribution < -0.4 is 30.7 Å². The fourth-order valence-electron chi connectivity index (χ4n) is 12.6. The molecule has 5 aromatic rings. The molecule has 11 rings (SSSR count). The second-order valence-electron chi connectivity index (χ2n) is 19.9. The largest absolute Gasteiger partial charge is 0.507 e. The molecule has 2 unspecified atom stereocenters. The summed E-state index contributed by atoms with van der Waals surface area (Å²) in [7, 11) is 0. The number of nitrogens with two attached hydrogens (primary N) is 1. The monoisotopic (exact) mass is 880 g/mol. The van der Waals surface area contributed by atoms with Crippen molar-refractivity contribution in [2.75, 3.05) is 77.7 Å². The molecule has 5 aliphatic heterocycles. The number of likely N-dealkylation sites (tertiary alicyclic amines) is 1. The highest BCUT2D eigenvalue weighted by Gasteiger charge is 2.42. The van der Waals surface area contributed by atoms with Crippen molar-refractivity contribution in [3.05, 3.63) is 84.3 Å². The van der Waals surface area contributed by atoms with Crippen molar-refractivity contribution in [1.82, 2.24) is 25.0 Å². The third-order valence-electron chi connectivity index (χ3n) is 16.3. The molecule has 14 heteroatoms. The van der Waals surface area contributed by atoms with E-state index in [9.17, 15) is 14.7 Å². The van der Waals surface area contributed by atoms with Gasteiger partial charge in [-0.2, -0.15) is 0 Å². The van der Waals surface area contributed by atoms with E-state index in [4.69, 9.17) is 5.73 Å². The molecule has 1 aliphatic carbocycles. The van der Waals surface area contributed by atoms with Crippen LogP contribution in [0.25, 0.3) is 22.2 Å². The lowest BCUT2D eigenvalue weighted by molar-refractivity contribution is -0.120. The SMILES string of the molecule is Cc1c(N2CCC(=O)NC2=O)ccc2c1ccn2C1CCC2(CC1)CCN(CC1CCN(c3cc(N4C5CCC4CN(c4cc(-c6ccccc6O)nnc4N)C5)ccc3F)CC1)CC2. The quantitative estimate of drug-likeness (QED) is 0.140. The standard InChI is InChI=1S/C51H61FN10O3/c1-33-39-16-24-60(44(39)11-10-43(33)61-25-17-48(64)54-50(61)65)35-12-18-51(19-13-35)20-26-57(27-21-51)30-34-14-22-58(23-15-34)45-28-36(8-9-41(45)52)62-37-6-7-38(62)32-59(31-37)46-29-42(55-56-49(46)53)40-4-2-3-5-47(40)63/h2-5,8-11,16,24,28-29,34-35,37-38,63H,6-7,12-15,17-23,25-27,30-32H2,1H3,(H2,53,56)(H,54,64,65). The van der Waals surface area contributed by atoms with E-state index >= 15 is 4.39 Å². The Morgan fingerprint density at radius 2 is 1.54 bits per heavy atom. The molecule has 2 aromatic heterocycles. The molecule has 13 nitrogen and oxygen atoms in total. The fraction of sp³-hybridized carbons (Fsp3) is 0.490. The van der Waals surface area contributed by atoms with Gasteiger partial charge in [0.15, 0.2) is 5.82 Å². The third kappa shape index (κ3) is 7.80. The first-order valence-electron chi connectivity index (χ1n) is 24.0. The molecule has 6 aliphatic rings. The lowest BCUT2D eigenvalue weighted by Gasteiger charge is -2.47. The first-order chi connectivity index (χ1) is 31.6. The number of hydrogen-bond donors (Lipinski definition) is 3. The van der Waals surface area contributed by atoms with Crippen molar-refractivity contribution in [2.45, 2.75) is 95.7 Å². The van der Waals surface area contributed by atoms with E-state index in [2.05, 4.69) is 71.0 Å². The summed E-state index contributed by atoms with van der Waals surface area (Å²) < 4.78 is 18.1. The Morgan fingerprint density at radius 3 is 2.28 bits per heavy atom. The van der Waals surface area contributed by atoms with Crippen LogP contribution in [0.2, 0.25) is 0 Å². The molecule has 7 heterocycles. The van der Waals surface area contributed by atoms with Gasteiger partial charge in [0, 0.05) is 97.9 Å². The Hall–Kier alpha value is -5.89. The van der Waals surface area contributed by atoms with Gasteiger partial charge in [-0.3, -0.25) is 15.0 Å². The molecular formula is C51H61FN10O3. The van der Waals surface area contributed by atoms with Gasteiger partial charge in [-0.1, -0.05) is 12.1 Å². The van der Waals surface area contributed by atoms with Gasteiger partial charge in [-0.05, 0) is 156 Å². The highest BCUT2D eigenvalue weighted by atomic mass is 19.1. The van der Waals surface area contributed by atoms with Crippen LogP contribution in [0.15, 0.2) is 72.9 Å². The van der Waals surface area contributed by atoms with Crippen LogP contribution in [0, 0.1) is 24.1 Å². The third-order valence-corrected chi connectivity index (χ3v) is 16.3. The molecule has 4 N–H and O–H groups in total. The molecule has 2 atom stereocenters. The number of phenols is 1. The van der Waals surface area contributed by atoms with Crippen molar-refractivity contribution in [2.24, 2.45) is 11.3 Å². The molecule has 340 valence electrons. The van der Waals surface area contributed by atoms with E-state index in [1.807, 2.05) is 30.3 Å². The molecule has 1 saturated carbocycles. The van der Waals surface area contributed by atoms with Crippen LogP contribution in [0.4, 0.5) is 37.8 Å². The number of piperazine rings is 1. The Labute approximate surface area is 380 Å². The number of aromatic nitrogens is 3. The number of benzene rings is 3. The normalized spacial score (nSPS) is 23.2. The number of hydrogen-bond acceptors (Lipinski definition) is 10.